The summed E-state index contributed by atoms with van der Waals surface area (Å²) >= 11 is 0. The van der Waals surface area contributed by atoms with Gasteiger partial charge in [-0.15, -0.1) is 0 Å². The van der Waals surface area contributed by atoms with Crippen LogP contribution in [0.1, 0.15) is 0 Å². The molecule has 6 heteroatoms. The molecule has 1 atom stereocenters. The zero-order chi connectivity index (χ0) is 10.6. The van der Waals surface area contributed by atoms with Crippen molar-refractivity contribution in [2.75, 3.05) is 0 Å². The first-order chi connectivity index (χ1) is 6.61. The molecule has 0 spiro atoms. The fraction of sp³-hybridized carbons (Fsp3) is 0.125. The number of hydrogen-bond donors (Lipinski definition) is 0. The van der Waals surface area contributed by atoms with Gasteiger partial charge < -0.3 is 5.53 Å². The molecule has 0 radical (unpaired) electrons. The van der Waals surface area contributed by atoms with Gasteiger partial charge in [0.25, 0.3) is 9.84 Å². The molecule has 0 heterocycles. The van der Waals surface area contributed by atoms with Crippen LogP contribution >= 0.6 is 0 Å². The highest BCUT2D eigenvalue weighted by molar-refractivity contribution is 8.05. The molecule has 0 aromatic carbocycles. The van der Waals surface area contributed by atoms with Crippen LogP contribution < -0.4 is 0 Å². The number of sulfone groups is 1. The van der Waals surface area contributed by atoms with Gasteiger partial charge in [0, 0.05) is 0 Å². The lowest BCUT2D eigenvalue weighted by Gasteiger charge is -2.08. The average molecular weight is 210 g/mol. The third-order valence-corrected chi connectivity index (χ3v) is 3.15. The van der Waals surface area contributed by atoms with Crippen LogP contribution in [0.25, 0.3) is 5.53 Å². The van der Waals surface area contributed by atoms with Crippen molar-refractivity contribution in [1.29, 1.82) is 0 Å². The van der Waals surface area contributed by atoms with Crippen LogP contribution in [0, 0.1) is 0 Å². The summed E-state index contributed by atoms with van der Waals surface area (Å²) in [6.45, 7) is 0. The quantitative estimate of drug-likeness (QED) is 0.210. The average Bonchev–Trinajstić information content (AvgIpc) is 2.18. The molecule has 0 aromatic rings. The molecule has 0 fully saturated rings. The molecule has 0 bridgehead atoms. The Bertz CT molecular complexity index is 489. The zero-order valence-electron chi connectivity index (χ0n) is 6.99. The van der Waals surface area contributed by atoms with Crippen molar-refractivity contribution < 1.29 is 18.0 Å². The van der Waals surface area contributed by atoms with Crippen LogP contribution in [0.5, 0.6) is 0 Å². The summed E-state index contributed by atoms with van der Waals surface area (Å²) in [5.74, 6) is 1.52. The van der Waals surface area contributed by atoms with Gasteiger partial charge in [0.05, 0.1) is 5.57 Å². The summed E-state index contributed by atoms with van der Waals surface area (Å²) in [5, 5.41) is -1.11. The Labute approximate surface area is 80.6 Å². The summed E-state index contributed by atoms with van der Waals surface area (Å²) < 4.78 is 22.7. The van der Waals surface area contributed by atoms with E-state index in [0.717, 1.165) is 0 Å². The summed E-state index contributed by atoms with van der Waals surface area (Å²) in [7, 11) is -3.77. The molecule has 0 aliphatic heterocycles. The summed E-state index contributed by atoms with van der Waals surface area (Å²) in [5.41, 5.74) is 8.53. The molecule has 1 unspecified atom stereocenters. The molecular weight excluding hydrogens is 204 g/mol. The van der Waals surface area contributed by atoms with Gasteiger partial charge in [-0.3, -0.25) is 0 Å². The second kappa shape index (κ2) is 3.98. The number of hydrogen-bond acceptors (Lipinski definition) is 3. The van der Waals surface area contributed by atoms with Crippen LogP contribution in [0.3, 0.4) is 0 Å². The highest BCUT2D eigenvalue weighted by Crippen LogP contribution is 2.16. The molecule has 5 nitrogen and oxygen atoms in total. The largest absolute Gasteiger partial charge is 0.371 e. The zero-order valence-corrected chi connectivity index (χ0v) is 7.81. The minimum absolute atomic E-state index is 0.00704. The van der Waals surface area contributed by atoms with Crippen LogP contribution in [-0.2, 0) is 14.6 Å². The highest BCUT2D eigenvalue weighted by Gasteiger charge is 2.29. The maximum atomic E-state index is 11.4. The van der Waals surface area contributed by atoms with Crippen molar-refractivity contribution in [2.45, 2.75) is 5.25 Å². The van der Waals surface area contributed by atoms with Crippen LogP contribution in [0.15, 0.2) is 29.9 Å². The van der Waals surface area contributed by atoms with Gasteiger partial charge in [-0.1, -0.05) is 18.2 Å². The number of nitrogens with zero attached hydrogens (tertiary/aromatic N) is 2. The lowest BCUT2D eigenvalue weighted by atomic mass is 10.1. The molecular formula is C8H6N2O3S. The van der Waals surface area contributed by atoms with Gasteiger partial charge in [-0.05, 0) is 6.08 Å². The van der Waals surface area contributed by atoms with Crippen molar-refractivity contribution in [3.05, 3.63) is 35.4 Å². The lowest BCUT2D eigenvalue weighted by Crippen LogP contribution is -2.23. The predicted molar refractivity (Wildman–Crippen MR) is 49.9 cm³/mol. The van der Waals surface area contributed by atoms with E-state index >= 15 is 0 Å². The number of allylic oxidation sites excluding steroid dienone is 3. The Morgan fingerprint density at radius 3 is 2.79 bits per heavy atom. The topological polar surface area (TPSA) is 87.6 Å². The molecule has 1 rings (SSSR count). The Hall–Kier alpha value is -1.74. The van der Waals surface area contributed by atoms with E-state index in [-0.39, 0.29) is 5.57 Å². The van der Waals surface area contributed by atoms with E-state index in [2.05, 4.69) is 4.79 Å². The standard InChI is InChI=1S/C8H6N2O3S/c9-10-6-14(12,13)8-4-2-1-3-7(8)5-11/h1-4,6,8H. The lowest BCUT2D eigenvalue weighted by molar-refractivity contribution is 0.00752. The molecule has 0 saturated carbocycles. The summed E-state index contributed by atoms with van der Waals surface area (Å²) in [6, 6.07) is 0. The van der Waals surface area contributed by atoms with Crippen molar-refractivity contribution >= 4 is 21.3 Å². The van der Waals surface area contributed by atoms with Crippen molar-refractivity contribution in [2.24, 2.45) is 0 Å². The maximum absolute atomic E-state index is 11.4. The summed E-state index contributed by atoms with van der Waals surface area (Å²) in [4.78, 5) is 12.8. The Kier molecular flexibility index (Phi) is 2.94. The Morgan fingerprint density at radius 1 is 1.50 bits per heavy atom. The molecule has 0 amide bonds. The van der Waals surface area contributed by atoms with Gasteiger partial charge >= 0.3 is 5.55 Å². The molecule has 72 valence electrons. The van der Waals surface area contributed by atoms with Crippen LogP contribution in [0.2, 0.25) is 0 Å². The van der Waals surface area contributed by atoms with Gasteiger partial charge in [0.2, 0.25) is 0 Å². The summed E-state index contributed by atoms with van der Waals surface area (Å²) in [6.07, 6.45) is 5.69. The fourth-order valence-corrected chi connectivity index (χ4v) is 2.09. The Morgan fingerprint density at radius 2 is 2.21 bits per heavy atom. The van der Waals surface area contributed by atoms with E-state index in [1.54, 1.807) is 0 Å². The molecule has 1 aliphatic rings. The maximum Gasteiger partial charge on any atom is 0.371 e. The highest BCUT2D eigenvalue weighted by atomic mass is 32.2. The fourth-order valence-electron chi connectivity index (χ4n) is 1.03. The van der Waals surface area contributed by atoms with Crippen molar-refractivity contribution in [1.82, 2.24) is 0 Å². The molecule has 1 aliphatic carbocycles. The van der Waals surface area contributed by atoms with Crippen molar-refractivity contribution in [3.8, 4) is 0 Å². The van der Waals surface area contributed by atoms with E-state index in [0.29, 0.717) is 5.55 Å². The van der Waals surface area contributed by atoms with Gasteiger partial charge in [0.15, 0.2) is 0 Å². The van der Waals surface area contributed by atoms with Gasteiger partial charge in [-0.25, -0.2) is 13.2 Å². The van der Waals surface area contributed by atoms with E-state index in [4.69, 9.17) is 5.53 Å². The van der Waals surface area contributed by atoms with E-state index < -0.39 is 15.1 Å². The van der Waals surface area contributed by atoms with E-state index in [1.807, 2.05) is 0 Å². The normalized spacial score (nSPS) is 20.0. The molecule has 0 N–H and O–H groups in total. The van der Waals surface area contributed by atoms with Gasteiger partial charge in [-0.2, -0.15) is 4.79 Å². The first-order valence-electron chi connectivity index (χ1n) is 3.63. The van der Waals surface area contributed by atoms with E-state index in [1.165, 1.54) is 30.2 Å². The smallest absolute Gasteiger partial charge is 0.361 e. The number of carbonyl (C=O) groups excluding carboxylic acids is 1. The molecule has 0 saturated heterocycles. The first kappa shape index (κ1) is 10.3. The Balaban J connectivity index is 3.23. The van der Waals surface area contributed by atoms with Crippen molar-refractivity contribution in [3.63, 3.8) is 0 Å². The van der Waals surface area contributed by atoms with Gasteiger partial charge in [0.1, 0.15) is 11.2 Å². The minimum atomic E-state index is -3.77. The monoisotopic (exact) mass is 210 g/mol. The second-order valence-corrected chi connectivity index (χ2v) is 4.43. The minimum Gasteiger partial charge on any atom is -0.361 e. The van der Waals surface area contributed by atoms with E-state index in [9.17, 15) is 13.2 Å². The second-order valence-electron chi connectivity index (χ2n) is 2.53. The predicted octanol–water partition coefficient (Wildman–Crippen LogP) is -0.0881. The SMILES string of the molecule is [N-]=[N+]=CS(=O)(=O)C1C=CC=CC1=C=O. The first-order valence-corrected chi connectivity index (χ1v) is 5.24. The van der Waals surface area contributed by atoms with Crippen LogP contribution in [0.4, 0.5) is 0 Å². The van der Waals surface area contributed by atoms with Crippen LogP contribution in [-0.4, -0.2) is 29.9 Å². The number of rotatable bonds is 2. The molecule has 14 heavy (non-hydrogen) atoms. The molecule has 0 aromatic heterocycles. The third kappa shape index (κ3) is 1.95. The third-order valence-electron chi connectivity index (χ3n) is 1.65.